The van der Waals surface area contributed by atoms with Crippen molar-refractivity contribution < 1.29 is 9.59 Å². The summed E-state index contributed by atoms with van der Waals surface area (Å²) in [6.07, 6.45) is 16.7. The minimum absolute atomic E-state index is 0.0610. The summed E-state index contributed by atoms with van der Waals surface area (Å²) >= 11 is 0. The number of fused-ring (bicyclic) bond motifs is 4. The Bertz CT molecular complexity index is 578. The van der Waals surface area contributed by atoms with Gasteiger partial charge in [0.2, 0.25) is 11.8 Å². The van der Waals surface area contributed by atoms with Crippen LogP contribution in [-0.4, -0.2) is 24.2 Å². The number of hydrogen-bond acceptors (Lipinski definition) is 4. The van der Waals surface area contributed by atoms with E-state index in [2.05, 4.69) is 21.1 Å². The van der Waals surface area contributed by atoms with Crippen LogP contribution in [0.1, 0.15) is 77.0 Å². The van der Waals surface area contributed by atoms with Gasteiger partial charge in [-0.1, -0.05) is 12.8 Å². The number of hydrazone groups is 2. The second kappa shape index (κ2) is 9.19. The number of rotatable bonds is 9. The second-order valence-electron chi connectivity index (χ2n) is 9.51. The van der Waals surface area contributed by atoms with Gasteiger partial charge < -0.3 is 0 Å². The predicted molar refractivity (Wildman–Crippen MR) is 110 cm³/mol. The van der Waals surface area contributed by atoms with Crippen molar-refractivity contribution >= 4 is 24.2 Å². The Labute approximate surface area is 168 Å². The minimum Gasteiger partial charge on any atom is -0.273 e. The molecule has 28 heavy (non-hydrogen) atoms. The highest BCUT2D eigenvalue weighted by atomic mass is 16.2. The number of amides is 2. The Morgan fingerprint density at radius 3 is 1.54 bits per heavy atom. The summed E-state index contributed by atoms with van der Waals surface area (Å²) in [7, 11) is 0. The van der Waals surface area contributed by atoms with Gasteiger partial charge in [0.25, 0.3) is 0 Å². The molecule has 6 nitrogen and oxygen atoms in total. The maximum Gasteiger partial charge on any atom is 0.240 e. The van der Waals surface area contributed by atoms with E-state index in [0.29, 0.717) is 37.5 Å². The Morgan fingerprint density at radius 2 is 1.18 bits per heavy atom. The van der Waals surface area contributed by atoms with E-state index < -0.39 is 0 Å². The van der Waals surface area contributed by atoms with E-state index in [0.717, 1.165) is 23.7 Å². The summed E-state index contributed by atoms with van der Waals surface area (Å²) in [5, 5.41) is 8.31. The van der Waals surface area contributed by atoms with Crippen LogP contribution in [0.3, 0.4) is 0 Å². The Hall–Kier alpha value is -1.72. The smallest absolute Gasteiger partial charge is 0.240 e. The third kappa shape index (κ3) is 5.00. The van der Waals surface area contributed by atoms with Gasteiger partial charge in [-0.3, -0.25) is 9.59 Å². The fourth-order valence-corrected chi connectivity index (χ4v) is 6.05. The second-order valence-corrected chi connectivity index (χ2v) is 9.51. The third-order valence-electron chi connectivity index (χ3n) is 7.55. The van der Waals surface area contributed by atoms with Gasteiger partial charge in [-0.05, 0) is 86.9 Å². The van der Waals surface area contributed by atoms with E-state index in [9.17, 15) is 9.59 Å². The number of carbonyl (C=O) groups excluding carboxylic acids is 2. The summed E-state index contributed by atoms with van der Waals surface area (Å²) in [6, 6.07) is 0. The lowest BCUT2D eigenvalue weighted by Crippen LogP contribution is -2.21. The highest BCUT2D eigenvalue weighted by Gasteiger charge is 2.39. The van der Waals surface area contributed by atoms with Crippen molar-refractivity contribution in [1.82, 2.24) is 10.9 Å². The van der Waals surface area contributed by atoms with Gasteiger partial charge in [0.05, 0.1) is 0 Å². The highest BCUT2D eigenvalue weighted by molar-refractivity contribution is 5.78. The fourth-order valence-electron chi connectivity index (χ4n) is 6.05. The zero-order valence-corrected chi connectivity index (χ0v) is 16.8. The molecule has 4 bridgehead atoms. The van der Waals surface area contributed by atoms with Crippen molar-refractivity contribution in [3.8, 4) is 0 Å². The number of hydrogen-bond donors (Lipinski definition) is 2. The topological polar surface area (TPSA) is 82.9 Å². The first-order valence-electron chi connectivity index (χ1n) is 11.3. The van der Waals surface area contributed by atoms with Crippen LogP contribution in [0.15, 0.2) is 10.2 Å². The molecule has 0 saturated heterocycles. The standard InChI is InChI=1S/C22H34N4O2/c27-21(25-23-13-19-11-15-5-7-17(19)9-15)3-1-2-4-22(28)26-24-14-20-12-16-6-8-18(20)10-16/h13-20H,1-12H2,(H,25,27)(H,26,28)/b23-13-,24-14-. The molecule has 4 aliphatic carbocycles. The van der Waals surface area contributed by atoms with Crippen molar-refractivity contribution in [3.05, 3.63) is 0 Å². The van der Waals surface area contributed by atoms with E-state index in [1.807, 2.05) is 12.4 Å². The van der Waals surface area contributed by atoms with Crippen LogP contribution in [0.5, 0.6) is 0 Å². The van der Waals surface area contributed by atoms with Crippen molar-refractivity contribution in [2.45, 2.75) is 77.0 Å². The molecule has 0 aromatic carbocycles. The summed E-state index contributed by atoms with van der Waals surface area (Å²) < 4.78 is 0. The minimum atomic E-state index is -0.0610. The largest absolute Gasteiger partial charge is 0.273 e. The molecule has 6 heteroatoms. The third-order valence-corrected chi connectivity index (χ3v) is 7.55. The van der Waals surface area contributed by atoms with Crippen LogP contribution >= 0.6 is 0 Å². The van der Waals surface area contributed by atoms with Gasteiger partial charge >= 0.3 is 0 Å². The number of carbonyl (C=O) groups is 2. The molecule has 6 atom stereocenters. The van der Waals surface area contributed by atoms with Crippen LogP contribution in [0.25, 0.3) is 0 Å². The van der Waals surface area contributed by atoms with Crippen molar-refractivity contribution in [1.29, 1.82) is 0 Å². The maximum absolute atomic E-state index is 11.9. The first-order valence-corrected chi connectivity index (χ1v) is 11.3. The van der Waals surface area contributed by atoms with E-state index in [1.54, 1.807) is 0 Å². The summed E-state index contributed by atoms with van der Waals surface area (Å²) in [4.78, 5) is 23.7. The molecule has 0 radical (unpaired) electrons. The van der Waals surface area contributed by atoms with Gasteiger partial charge in [0, 0.05) is 25.3 Å². The predicted octanol–water partition coefficient (Wildman–Crippen LogP) is 3.62. The molecular weight excluding hydrogens is 352 g/mol. The van der Waals surface area contributed by atoms with E-state index >= 15 is 0 Å². The van der Waals surface area contributed by atoms with E-state index in [4.69, 9.17) is 0 Å². The lowest BCUT2D eigenvalue weighted by atomic mass is 9.90. The van der Waals surface area contributed by atoms with Gasteiger partial charge in [0.1, 0.15) is 0 Å². The summed E-state index contributed by atoms with van der Waals surface area (Å²) in [6.45, 7) is 0. The number of unbranched alkanes of at least 4 members (excludes halogenated alkanes) is 1. The Balaban J connectivity index is 1.03. The first kappa shape index (κ1) is 19.6. The normalized spacial score (nSPS) is 36.0. The molecule has 0 aromatic heterocycles. The van der Waals surface area contributed by atoms with Gasteiger partial charge in [-0.15, -0.1) is 0 Å². The van der Waals surface area contributed by atoms with Crippen LogP contribution in [0, 0.1) is 35.5 Å². The van der Waals surface area contributed by atoms with Crippen molar-refractivity contribution in [2.24, 2.45) is 45.7 Å². The molecule has 0 heterocycles. The molecular formula is C22H34N4O2. The van der Waals surface area contributed by atoms with Gasteiger partial charge in [-0.25, -0.2) is 10.9 Å². The molecule has 4 aliphatic rings. The quantitative estimate of drug-likeness (QED) is 0.360. The molecule has 4 rings (SSSR count). The maximum atomic E-state index is 11.9. The van der Waals surface area contributed by atoms with Crippen LogP contribution < -0.4 is 10.9 Å². The average Bonchev–Trinajstić information content (AvgIpc) is 3.46. The summed E-state index contributed by atoms with van der Waals surface area (Å²) in [5.74, 6) is 4.35. The molecule has 154 valence electrons. The lowest BCUT2D eigenvalue weighted by Gasteiger charge is -2.16. The van der Waals surface area contributed by atoms with Crippen molar-refractivity contribution in [3.63, 3.8) is 0 Å². The number of nitrogens with one attached hydrogen (secondary N) is 2. The average molecular weight is 387 g/mol. The zero-order valence-electron chi connectivity index (χ0n) is 16.8. The molecule has 2 N–H and O–H groups in total. The molecule has 0 aliphatic heterocycles. The zero-order chi connectivity index (χ0) is 19.3. The fraction of sp³-hybridized carbons (Fsp3) is 0.818. The molecule has 6 unspecified atom stereocenters. The monoisotopic (exact) mass is 386 g/mol. The molecule has 0 aromatic rings. The van der Waals surface area contributed by atoms with E-state index in [1.165, 1.54) is 51.4 Å². The lowest BCUT2D eigenvalue weighted by molar-refractivity contribution is -0.123. The Morgan fingerprint density at radius 1 is 0.714 bits per heavy atom. The highest BCUT2D eigenvalue weighted by Crippen LogP contribution is 2.48. The summed E-state index contributed by atoms with van der Waals surface area (Å²) in [5.41, 5.74) is 5.28. The van der Waals surface area contributed by atoms with Crippen LogP contribution in [-0.2, 0) is 9.59 Å². The molecule has 4 saturated carbocycles. The first-order chi connectivity index (χ1) is 13.7. The Kier molecular flexibility index (Phi) is 6.43. The van der Waals surface area contributed by atoms with Crippen LogP contribution in [0.4, 0.5) is 0 Å². The SMILES string of the molecule is O=C(CCCCC(=O)N/N=C\C1CC2CCC1C2)N/N=C\C1CC2CCC1C2. The molecule has 0 spiro atoms. The molecule has 4 fully saturated rings. The van der Waals surface area contributed by atoms with E-state index in [-0.39, 0.29) is 11.8 Å². The van der Waals surface area contributed by atoms with Crippen LogP contribution in [0.2, 0.25) is 0 Å². The number of nitrogens with zero attached hydrogens (tertiary/aromatic N) is 2. The van der Waals surface area contributed by atoms with Gasteiger partial charge in [-0.2, -0.15) is 10.2 Å². The van der Waals surface area contributed by atoms with Gasteiger partial charge in [0.15, 0.2) is 0 Å². The van der Waals surface area contributed by atoms with Crippen molar-refractivity contribution in [2.75, 3.05) is 0 Å². The molecule has 2 amide bonds.